The molecule has 0 spiro atoms. The van der Waals surface area contributed by atoms with Gasteiger partial charge in [-0.2, -0.15) is 0 Å². The van der Waals surface area contributed by atoms with Crippen molar-refractivity contribution in [3.05, 3.63) is 35.5 Å². The maximum atomic E-state index is 12.8. The predicted molar refractivity (Wildman–Crippen MR) is 85.8 cm³/mol. The fourth-order valence-electron chi connectivity index (χ4n) is 4.11. The molecule has 120 valence electrons. The Morgan fingerprint density at radius 3 is 2.70 bits per heavy atom. The third-order valence-corrected chi connectivity index (χ3v) is 5.55. The van der Waals surface area contributed by atoms with Gasteiger partial charge >= 0.3 is 5.97 Å². The Bertz CT molecular complexity index is 821. The highest BCUT2D eigenvalue weighted by atomic mass is 16.4. The highest BCUT2D eigenvalue weighted by Crippen LogP contribution is 2.59. The van der Waals surface area contributed by atoms with Gasteiger partial charge in [-0.25, -0.2) is 0 Å². The molecular weight excluding hydrogens is 292 g/mol. The van der Waals surface area contributed by atoms with Crippen LogP contribution in [0.25, 0.3) is 10.9 Å². The Balaban J connectivity index is 1.61. The Morgan fingerprint density at radius 2 is 2.00 bits per heavy atom. The second-order valence-electron chi connectivity index (χ2n) is 7.25. The summed E-state index contributed by atoms with van der Waals surface area (Å²) in [5, 5.41) is 10.5. The van der Waals surface area contributed by atoms with Gasteiger partial charge in [-0.1, -0.05) is 32.0 Å². The van der Waals surface area contributed by atoms with E-state index in [-0.39, 0.29) is 5.91 Å². The number of nitrogens with zero attached hydrogens (tertiary/aromatic N) is 1. The van der Waals surface area contributed by atoms with Crippen LogP contribution in [0.2, 0.25) is 0 Å². The van der Waals surface area contributed by atoms with Crippen LogP contribution in [-0.2, 0) is 22.6 Å². The molecule has 0 bridgehead atoms. The molecule has 1 amide bonds. The number of benzene rings is 1. The lowest BCUT2D eigenvalue weighted by Crippen LogP contribution is -2.37. The van der Waals surface area contributed by atoms with Gasteiger partial charge in [0.25, 0.3) is 0 Å². The molecule has 1 fully saturated rings. The Kier molecular flexibility index (Phi) is 2.86. The van der Waals surface area contributed by atoms with Crippen LogP contribution in [0.3, 0.4) is 0 Å². The number of carboxylic acid groups (broad SMARTS) is 1. The van der Waals surface area contributed by atoms with E-state index in [0.717, 1.165) is 17.3 Å². The minimum Gasteiger partial charge on any atom is -0.481 e. The molecule has 0 unspecified atom stereocenters. The van der Waals surface area contributed by atoms with Crippen molar-refractivity contribution in [3.63, 3.8) is 0 Å². The van der Waals surface area contributed by atoms with Crippen LogP contribution in [0.5, 0.6) is 0 Å². The quantitative estimate of drug-likeness (QED) is 0.894. The molecule has 1 aliphatic heterocycles. The lowest BCUT2D eigenvalue weighted by Gasteiger charge is -2.28. The first kappa shape index (κ1) is 14.3. The summed E-state index contributed by atoms with van der Waals surface area (Å²) in [5.41, 5.74) is 3.02. The first-order chi connectivity index (χ1) is 10.9. The van der Waals surface area contributed by atoms with Crippen molar-refractivity contribution in [1.29, 1.82) is 0 Å². The van der Waals surface area contributed by atoms with Crippen molar-refractivity contribution in [3.8, 4) is 0 Å². The molecule has 1 saturated carbocycles. The number of rotatable bonds is 2. The molecule has 4 rings (SSSR count). The van der Waals surface area contributed by atoms with Crippen LogP contribution in [0.1, 0.15) is 25.1 Å². The first-order valence-electron chi connectivity index (χ1n) is 8.01. The number of para-hydroxylation sites is 1. The van der Waals surface area contributed by atoms with Gasteiger partial charge in [0.1, 0.15) is 0 Å². The number of H-pyrrole nitrogens is 1. The van der Waals surface area contributed by atoms with Gasteiger partial charge in [-0.15, -0.1) is 0 Å². The minimum absolute atomic E-state index is 0.0154. The lowest BCUT2D eigenvalue weighted by atomic mass is 10.0. The summed E-state index contributed by atoms with van der Waals surface area (Å²) >= 11 is 0. The standard InChI is InChI=1S/C18H20N2O3/c1-18(2)14(15(18)17(22)23)16(21)20-8-7-13-11(9-20)10-5-3-4-6-12(10)19-13/h3-6,14-15,19H,7-9H2,1-2H3,(H,22,23)/t14-,15-/m0/s1. The van der Waals surface area contributed by atoms with Crippen LogP contribution in [0.4, 0.5) is 0 Å². The van der Waals surface area contributed by atoms with E-state index in [1.165, 1.54) is 11.3 Å². The summed E-state index contributed by atoms with van der Waals surface area (Å²) in [6.45, 7) is 4.96. The molecule has 1 aliphatic carbocycles. The predicted octanol–water partition coefficient (Wildman–Crippen LogP) is 2.41. The van der Waals surface area contributed by atoms with E-state index < -0.39 is 23.2 Å². The SMILES string of the molecule is CC1(C)[C@H](C(=O)O)[C@H]1C(=O)N1CCc2[nH]c3ccccc3c2C1. The summed E-state index contributed by atoms with van der Waals surface area (Å²) in [4.78, 5) is 29.4. The Morgan fingerprint density at radius 1 is 1.26 bits per heavy atom. The Labute approximate surface area is 134 Å². The number of aromatic nitrogens is 1. The van der Waals surface area contributed by atoms with Gasteiger partial charge in [-0.05, 0) is 11.5 Å². The van der Waals surface area contributed by atoms with Crippen molar-refractivity contribution in [1.82, 2.24) is 9.88 Å². The number of amides is 1. The fraction of sp³-hybridized carbons (Fsp3) is 0.444. The van der Waals surface area contributed by atoms with E-state index in [2.05, 4.69) is 11.1 Å². The average molecular weight is 312 g/mol. The monoisotopic (exact) mass is 312 g/mol. The molecule has 1 aromatic carbocycles. The van der Waals surface area contributed by atoms with Gasteiger partial charge in [-0.3, -0.25) is 9.59 Å². The smallest absolute Gasteiger partial charge is 0.307 e. The van der Waals surface area contributed by atoms with E-state index in [4.69, 9.17) is 0 Å². The number of carboxylic acids is 1. The number of nitrogens with one attached hydrogen (secondary N) is 1. The molecule has 2 N–H and O–H groups in total. The van der Waals surface area contributed by atoms with Gasteiger partial charge in [0.15, 0.2) is 0 Å². The maximum Gasteiger partial charge on any atom is 0.307 e. The maximum absolute atomic E-state index is 12.8. The summed E-state index contributed by atoms with van der Waals surface area (Å²) < 4.78 is 0. The first-order valence-corrected chi connectivity index (χ1v) is 8.01. The molecule has 5 heteroatoms. The van der Waals surface area contributed by atoms with Gasteiger partial charge < -0.3 is 15.0 Å². The zero-order valence-electron chi connectivity index (χ0n) is 13.3. The van der Waals surface area contributed by atoms with Crippen LogP contribution < -0.4 is 0 Å². The zero-order valence-corrected chi connectivity index (χ0v) is 13.3. The molecule has 5 nitrogen and oxygen atoms in total. The molecule has 2 aliphatic rings. The molecule has 2 aromatic rings. The summed E-state index contributed by atoms with van der Waals surface area (Å²) in [6.07, 6.45) is 0.792. The lowest BCUT2D eigenvalue weighted by molar-refractivity contribution is -0.142. The molecule has 0 saturated heterocycles. The number of fused-ring (bicyclic) bond motifs is 3. The summed E-state index contributed by atoms with van der Waals surface area (Å²) in [5.74, 6) is -1.83. The van der Waals surface area contributed by atoms with Crippen molar-refractivity contribution in [2.75, 3.05) is 6.54 Å². The summed E-state index contributed by atoms with van der Waals surface area (Å²) in [6, 6.07) is 8.11. The third-order valence-electron chi connectivity index (χ3n) is 5.55. The number of aromatic amines is 1. The normalized spacial score (nSPS) is 25.2. The fourth-order valence-corrected chi connectivity index (χ4v) is 4.11. The van der Waals surface area contributed by atoms with E-state index in [1.807, 2.05) is 36.9 Å². The van der Waals surface area contributed by atoms with Crippen LogP contribution in [0, 0.1) is 17.3 Å². The largest absolute Gasteiger partial charge is 0.481 e. The van der Waals surface area contributed by atoms with E-state index in [9.17, 15) is 14.7 Å². The van der Waals surface area contributed by atoms with Crippen LogP contribution in [0.15, 0.2) is 24.3 Å². The molecule has 23 heavy (non-hydrogen) atoms. The number of hydrogen-bond donors (Lipinski definition) is 2. The second-order valence-corrected chi connectivity index (χ2v) is 7.25. The molecule has 2 atom stereocenters. The highest BCUT2D eigenvalue weighted by molar-refractivity contribution is 5.92. The number of carbonyl (C=O) groups is 2. The van der Waals surface area contributed by atoms with Crippen LogP contribution in [-0.4, -0.2) is 33.4 Å². The van der Waals surface area contributed by atoms with Gasteiger partial charge in [0.2, 0.25) is 5.91 Å². The number of carbonyl (C=O) groups excluding carboxylic acids is 1. The highest BCUT2D eigenvalue weighted by Gasteiger charge is 2.66. The number of hydrogen-bond acceptors (Lipinski definition) is 2. The second kappa shape index (κ2) is 4.60. The van der Waals surface area contributed by atoms with Gasteiger partial charge in [0, 0.05) is 41.7 Å². The summed E-state index contributed by atoms with van der Waals surface area (Å²) in [7, 11) is 0. The van der Waals surface area contributed by atoms with E-state index in [1.54, 1.807) is 0 Å². The van der Waals surface area contributed by atoms with E-state index in [0.29, 0.717) is 13.1 Å². The van der Waals surface area contributed by atoms with Crippen molar-refractivity contribution >= 4 is 22.8 Å². The zero-order chi connectivity index (χ0) is 16.4. The van der Waals surface area contributed by atoms with E-state index >= 15 is 0 Å². The van der Waals surface area contributed by atoms with Crippen molar-refractivity contribution in [2.24, 2.45) is 17.3 Å². The average Bonchev–Trinajstić information content (AvgIpc) is 2.93. The minimum atomic E-state index is -0.863. The van der Waals surface area contributed by atoms with Gasteiger partial charge in [0.05, 0.1) is 11.8 Å². The molecule has 0 radical (unpaired) electrons. The van der Waals surface area contributed by atoms with Crippen LogP contribution >= 0.6 is 0 Å². The molecule has 2 heterocycles. The van der Waals surface area contributed by atoms with Crippen molar-refractivity contribution < 1.29 is 14.7 Å². The number of aliphatic carboxylic acids is 1. The topological polar surface area (TPSA) is 73.4 Å². The molecule has 1 aromatic heterocycles. The third kappa shape index (κ3) is 1.99. The molecular formula is C18H20N2O3. The Hall–Kier alpha value is -2.30. The van der Waals surface area contributed by atoms with Crippen molar-refractivity contribution in [2.45, 2.75) is 26.8 Å².